The highest BCUT2D eigenvalue weighted by atomic mass is 16.4. The third-order valence-corrected chi connectivity index (χ3v) is 3.94. The minimum absolute atomic E-state index is 0.103. The first kappa shape index (κ1) is 14.0. The molecule has 1 aromatic heterocycles. The number of hydrogen-bond donors (Lipinski definition) is 1. The molecule has 1 fully saturated rings. The fourth-order valence-electron chi connectivity index (χ4n) is 2.88. The van der Waals surface area contributed by atoms with Gasteiger partial charge in [0, 0.05) is 5.41 Å². The lowest BCUT2D eigenvalue weighted by Crippen LogP contribution is -2.26. The van der Waals surface area contributed by atoms with Gasteiger partial charge in [-0.2, -0.15) is 0 Å². The molecule has 5 nitrogen and oxygen atoms in total. The maximum Gasteiger partial charge on any atom is 0.358 e. The van der Waals surface area contributed by atoms with E-state index in [1.165, 1.54) is 12.8 Å². The van der Waals surface area contributed by atoms with E-state index < -0.39 is 5.97 Å². The molecule has 5 heteroatoms. The van der Waals surface area contributed by atoms with Gasteiger partial charge in [0.05, 0.1) is 11.7 Å². The number of aromatic nitrogens is 3. The van der Waals surface area contributed by atoms with Gasteiger partial charge in [-0.3, -0.25) is 0 Å². The van der Waals surface area contributed by atoms with Crippen LogP contribution >= 0.6 is 0 Å². The van der Waals surface area contributed by atoms with Crippen molar-refractivity contribution in [2.24, 2.45) is 5.92 Å². The molecule has 0 spiro atoms. The van der Waals surface area contributed by atoms with E-state index in [-0.39, 0.29) is 11.1 Å². The average Bonchev–Trinajstić information content (AvgIpc) is 2.74. The van der Waals surface area contributed by atoms with E-state index in [4.69, 9.17) is 0 Å². The minimum atomic E-state index is -0.986. The number of aromatic carboxylic acids is 1. The van der Waals surface area contributed by atoms with Crippen molar-refractivity contribution in [3.63, 3.8) is 0 Å². The Bertz CT molecular complexity index is 466. The van der Waals surface area contributed by atoms with E-state index in [0.29, 0.717) is 6.04 Å². The molecule has 0 atom stereocenters. The Kier molecular flexibility index (Phi) is 3.65. The molecule has 1 aliphatic carbocycles. The molecule has 0 bridgehead atoms. The van der Waals surface area contributed by atoms with Crippen molar-refractivity contribution in [1.82, 2.24) is 15.0 Å². The molecule has 0 unspecified atom stereocenters. The zero-order chi connectivity index (χ0) is 14.2. The topological polar surface area (TPSA) is 68.0 Å². The van der Waals surface area contributed by atoms with E-state index in [2.05, 4.69) is 17.2 Å². The van der Waals surface area contributed by atoms with Crippen LogP contribution in [-0.2, 0) is 5.41 Å². The van der Waals surface area contributed by atoms with E-state index >= 15 is 0 Å². The van der Waals surface area contributed by atoms with E-state index in [1.807, 2.05) is 25.5 Å². The Morgan fingerprint density at radius 2 is 1.84 bits per heavy atom. The highest BCUT2D eigenvalue weighted by Crippen LogP contribution is 2.35. The van der Waals surface area contributed by atoms with Crippen LogP contribution in [0.5, 0.6) is 0 Å². The van der Waals surface area contributed by atoms with Crippen molar-refractivity contribution < 1.29 is 9.90 Å². The van der Waals surface area contributed by atoms with Crippen LogP contribution in [0.25, 0.3) is 0 Å². The molecule has 0 saturated heterocycles. The molecule has 1 aromatic rings. The first-order valence-electron chi connectivity index (χ1n) is 6.99. The monoisotopic (exact) mass is 265 g/mol. The van der Waals surface area contributed by atoms with Gasteiger partial charge in [-0.05, 0) is 31.6 Å². The smallest absolute Gasteiger partial charge is 0.358 e. The zero-order valence-electron chi connectivity index (χ0n) is 12.2. The summed E-state index contributed by atoms with van der Waals surface area (Å²) in [5.41, 5.74) is 0.589. The lowest BCUT2D eigenvalue weighted by Gasteiger charge is -2.30. The number of carbonyl (C=O) groups is 1. The number of nitrogens with zero attached hydrogens (tertiary/aromatic N) is 3. The fraction of sp³-hybridized carbons (Fsp3) is 0.786. The molecule has 0 aliphatic heterocycles. The third-order valence-electron chi connectivity index (χ3n) is 3.94. The Morgan fingerprint density at radius 3 is 2.32 bits per heavy atom. The molecule has 1 heterocycles. The Hall–Kier alpha value is -1.39. The SMILES string of the molecule is CC1CCC(n2nnc(C(=O)O)c2C(C)(C)C)CC1. The summed E-state index contributed by atoms with van der Waals surface area (Å²) in [6.45, 7) is 8.31. The predicted molar refractivity (Wildman–Crippen MR) is 72.4 cm³/mol. The molecule has 2 rings (SSSR count). The average molecular weight is 265 g/mol. The first-order chi connectivity index (χ1) is 8.80. The molecule has 1 saturated carbocycles. The Balaban J connectivity index is 2.38. The van der Waals surface area contributed by atoms with E-state index in [1.54, 1.807) is 0 Å². The van der Waals surface area contributed by atoms with Gasteiger partial charge in [-0.15, -0.1) is 5.10 Å². The summed E-state index contributed by atoms with van der Waals surface area (Å²) in [6, 6.07) is 0.297. The molecular weight excluding hydrogens is 242 g/mol. The Morgan fingerprint density at radius 1 is 1.26 bits per heavy atom. The maximum absolute atomic E-state index is 11.3. The summed E-state index contributed by atoms with van der Waals surface area (Å²) in [6.07, 6.45) is 4.48. The van der Waals surface area contributed by atoms with E-state index in [9.17, 15) is 9.90 Å². The van der Waals surface area contributed by atoms with Gasteiger partial charge in [0.15, 0.2) is 5.69 Å². The van der Waals surface area contributed by atoms with Gasteiger partial charge < -0.3 is 5.11 Å². The summed E-state index contributed by atoms with van der Waals surface area (Å²) < 4.78 is 1.87. The quantitative estimate of drug-likeness (QED) is 0.892. The van der Waals surface area contributed by atoms with Crippen molar-refractivity contribution in [3.05, 3.63) is 11.4 Å². The van der Waals surface area contributed by atoms with Crippen LogP contribution in [0, 0.1) is 5.92 Å². The van der Waals surface area contributed by atoms with E-state index in [0.717, 1.165) is 24.5 Å². The molecule has 1 N–H and O–H groups in total. The van der Waals surface area contributed by atoms with Gasteiger partial charge >= 0.3 is 5.97 Å². The Labute approximate surface area is 114 Å². The summed E-state index contributed by atoms with van der Waals surface area (Å²) in [5, 5.41) is 17.3. The molecule has 19 heavy (non-hydrogen) atoms. The molecule has 106 valence electrons. The van der Waals surface area contributed by atoms with Crippen molar-refractivity contribution in [1.29, 1.82) is 0 Å². The number of rotatable bonds is 2. The third kappa shape index (κ3) is 2.80. The number of carboxylic acid groups (broad SMARTS) is 1. The summed E-state index contributed by atoms with van der Waals surface area (Å²) in [5.74, 6) is -0.225. The maximum atomic E-state index is 11.3. The van der Waals surface area contributed by atoms with Crippen LogP contribution in [0.2, 0.25) is 0 Å². The highest BCUT2D eigenvalue weighted by molar-refractivity contribution is 5.86. The second-order valence-electron chi connectivity index (χ2n) is 6.70. The van der Waals surface area contributed by atoms with Crippen LogP contribution in [0.3, 0.4) is 0 Å². The first-order valence-corrected chi connectivity index (χ1v) is 6.99. The van der Waals surface area contributed by atoms with Crippen LogP contribution in [0.4, 0.5) is 0 Å². The van der Waals surface area contributed by atoms with Crippen LogP contribution < -0.4 is 0 Å². The highest BCUT2D eigenvalue weighted by Gasteiger charge is 2.32. The van der Waals surface area contributed by atoms with Crippen molar-refractivity contribution >= 4 is 5.97 Å². The normalized spacial score (nSPS) is 24.4. The summed E-state index contributed by atoms with van der Waals surface area (Å²) >= 11 is 0. The summed E-state index contributed by atoms with van der Waals surface area (Å²) in [4.78, 5) is 11.3. The van der Waals surface area contributed by atoms with Crippen LogP contribution in [-0.4, -0.2) is 26.1 Å². The zero-order valence-corrected chi connectivity index (χ0v) is 12.2. The number of hydrogen-bond acceptors (Lipinski definition) is 3. The largest absolute Gasteiger partial charge is 0.476 e. The van der Waals surface area contributed by atoms with Crippen LogP contribution in [0.1, 0.15) is 75.6 Å². The molecular formula is C14H23N3O2. The lowest BCUT2D eigenvalue weighted by atomic mass is 9.85. The van der Waals surface area contributed by atoms with Crippen molar-refractivity contribution in [2.45, 2.75) is 64.8 Å². The second-order valence-corrected chi connectivity index (χ2v) is 6.70. The predicted octanol–water partition coefficient (Wildman–Crippen LogP) is 3.03. The van der Waals surface area contributed by atoms with Gasteiger partial charge in [-0.25, -0.2) is 9.48 Å². The van der Waals surface area contributed by atoms with Gasteiger partial charge in [0.2, 0.25) is 0 Å². The fourth-order valence-corrected chi connectivity index (χ4v) is 2.88. The van der Waals surface area contributed by atoms with Crippen molar-refractivity contribution in [3.8, 4) is 0 Å². The molecule has 0 radical (unpaired) electrons. The standard InChI is InChI=1S/C14H23N3O2/c1-9-5-7-10(8-6-9)17-12(14(2,3)4)11(13(18)19)15-16-17/h9-10H,5-8H2,1-4H3,(H,18,19). The van der Waals surface area contributed by atoms with Gasteiger partial charge in [-0.1, -0.05) is 32.9 Å². The van der Waals surface area contributed by atoms with Crippen molar-refractivity contribution in [2.75, 3.05) is 0 Å². The second kappa shape index (κ2) is 4.94. The number of carboxylic acids is 1. The van der Waals surface area contributed by atoms with Gasteiger partial charge in [0.25, 0.3) is 0 Å². The summed E-state index contributed by atoms with van der Waals surface area (Å²) in [7, 11) is 0. The van der Waals surface area contributed by atoms with Crippen LogP contribution in [0.15, 0.2) is 0 Å². The molecule has 0 aromatic carbocycles. The molecule has 1 aliphatic rings. The lowest BCUT2D eigenvalue weighted by molar-refractivity contribution is 0.0687. The molecule has 0 amide bonds. The minimum Gasteiger partial charge on any atom is -0.476 e. The van der Waals surface area contributed by atoms with Gasteiger partial charge in [0.1, 0.15) is 0 Å².